The number of aromatic nitrogens is 5. The van der Waals surface area contributed by atoms with Crippen molar-refractivity contribution in [3.8, 4) is 11.6 Å². The number of rotatable bonds is 6. The summed E-state index contributed by atoms with van der Waals surface area (Å²) in [6.45, 7) is 8.23. The molecule has 0 unspecified atom stereocenters. The Kier molecular flexibility index (Phi) is 6.41. The van der Waals surface area contributed by atoms with Gasteiger partial charge in [0.25, 0.3) is 0 Å². The molecule has 0 radical (unpaired) electrons. The third-order valence-corrected chi connectivity index (χ3v) is 5.59. The Morgan fingerprint density at radius 3 is 2.53 bits per heavy atom. The summed E-state index contributed by atoms with van der Waals surface area (Å²) < 4.78 is 14.9. The summed E-state index contributed by atoms with van der Waals surface area (Å²) in [5, 5.41) is 10.1. The second kappa shape index (κ2) is 9.40. The van der Waals surface area contributed by atoms with Crippen LogP contribution in [-0.4, -0.2) is 51.6 Å². The number of nitrogens with zero attached hydrogens (tertiary/aromatic N) is 6. The molecule has 0 aliphatic carbocycles. The second-order valence-corrected chi connectivity index (χ2v) is 7.59. The largest absolute Gasteiger partial charge is 0.481 e. The lowest BCUT2D eigenvalue weighted by Gasteiger charge is -2.40. The van der Waals surface area contributed by atoms with Crippen molar-refractivity contribution >= 4 is 16.9 Å². The topological polar surface area (TPSA) is 70.2 Å². The molecule has 0 N–H and O–H groups in total. The Morgan fingerprint density at radius 1 is 1.03 bits per heavy atom. The van der Waals surface area contributed by atoms with Gasteiger partial charge < -0.3 is 18.9 Å². The summed E-state index contributed by atoms with van der Waals surface area (Å²) in [5.74, 6) is 2.11. The minimum Gasteiger partial charge on any atom is -0.481 e. The first-order valence-corrected chi connectivity index (χ1v) is 10.9. The molecule has 1 fully saturated rings. The van der Waals surface area contributed by atoms with Crippen LogP contribution in [0, 0.1) is 6.92 Å². The Hall–Kier alpha value is -3.39. The lowest BCUT2D eigenvalue weighted by molar-refractivity contribution is 0.176. The van der Waals surface area contributed by atoms with Crippen LogP contribution in [0.1, 0.15) is 31.3 Å². The molecule has 5 rings (SSSR count). The van der Waals surface area contributed by atoms with Gasteiger partial charge in [-0.25, -0.2) is 4.98 Å². The van der Waals surface area contributed by atoms with Crippen LogP contribution in [0.4, 0.5) is 5.95 Å². The SMILES string of the molecule is CC.COCc1nnc(N2CC(n3ccc4cc(C)ccc43)C2)n1-c1ccc(OC)nc1. The average molecular weight is 435 g/mol. The van der Waals surface area contributed by atoms with Crippen molar-refractivity contribution in [3.63, 3.8) is 0 Å². The number of pyridine rings is 1. The lowest BCUT2D eigenvalue weighted by atomic mass is 10.1. The fourth-order valence-corrected chi connectivity index (χ4v) is 4.02. The van der Waals surface area contributed by atoms with E-state index in [1.165, 1.54) is 16.5 Å². The van der Waals surface area contributed by atoms with Crippen LogP contribution >= 0.6 is 0 Å². The van der Waals surface area contributed by atoms with Gasteiger partial charge in [-0.1, -0.05) is 25.5 Å². The van der Waals surface area contributed by atoms with E-state index in [1.807, 2.05) is 30.5 Å². The van der Waals surface area contributed by atoms with E-state index < -0.39 is 0 Å². The maximum atomic E-state index is 5.33. The molecule has 0 amide bonds. The van der Waals surface area contributed by atoms with Gasteiger partial charge in [0.05, 0.1) is 25.0 Å². The van der Waals surface area contributed by atoms with Crippen LogP contribution in [0.25, 0.3) is 16.6 Å². The highest BCUT2D eigenvalue weighted by Crippen LogP contribution is 2.32. The van der Waals surface area contributed by atoms with Crippen molar-refractivity contribution < 1.29 is 9.47 Å². The van der Waals surface area contributed by atoms with Gasteiger partial charge in [-0.15, -0.1) is 10.2 Å². The molecule has 8 nitrogen and oxygen atoms in total. The van der Waals surface area contributed by atoms with E-state index in [1.54, 1.807) is 20.4 Å². The van der Waals surface area contributed by atoms with E-state index in [2.05, 4.69) is 62.0 Å². The molecule has 1 aromatic carbocycles. The molecule has 8 heteroatoms. The van der Waals surface area contributed by atoms with Gasteiger partial charge in [0.1, 0.15) is 6.61 Å². The first kappa shape index (κ1) is 21.8. The molecule has 0 bridgehead atoms. The number of methoxy groups -OCH3 is 2. The maximum absolute atomic E-state index is 5.33. The monoisotopic (exact) mass is 434 g/mol. The average Bonchev–Trinajstić information content (AvgIpc) is 3.39. The van der Waals surface area contributed by atoms with E-state index in [0.29, 0.717) is 18.5 Å². The van der Waals surface area contributed by atoms with Crippen LogP contribution < -0.4 is 9.64 Å². The van der Waals surface area contributed by atoms with Gasteiger partial charge in [0.15, 0.2) is 5.82 Å². The van der Waals surface area contributed by atoms with Crippen molar-refractivity contribution in [1.82, 2.24) is 24.3 Å². The number of fused-ring (bicyclic) bond motifs is 1. The second-order valence-electron chi connectivity index (χ2n) is 7.59. The third-order valence-electron chi connectivity index (χ3n) is 5.59. The minimum atomic E-state index is 0.373. The normalized spacial score (nSPS) is 13.6. The molecule has 1 aliphatic heterocycles. The highest BCUT2D eigenvalue weighted by Gasteiger charge is 2.33. The molecule has 0 atom stereocenters. The van der Waals surface area contributed by atoms with E-state index in [4.69, 9.17) is 9.47 Å². The van der Waals surface area contributed by atoms with Gasteiger partial charge >= 0.3 is 0 Å². The van der Waals surface area contributed by atoms with E-state index in [-0.39, 0.29) is 0 Å². The molecule has 0 saturated carbocycles. The molecular weight excluding hydrogens is 404 g/mol. The van der Waals surface area contributed by atoms with Crippen LogP contribution in [0.3, 0.4) is 0 Å². The molecule has 1 saturated heterocycles. The van der Waals surface area contributed by atoms with Crippen LogP contribution in [0.15, 0.2) is 48.8 Å². The molecule has 4 heterocycles. The number of benzene rings is 1. The van der Waals surface area contributed by atoms with Crippen LogP contribution in [-0.2, 0) is 11.3 Å². The van der Waals surface area contributed by atoms with Crippen molar-refractivity contribution in [2.75, 3.05) is 32.2 Å². The lowest BCUT2D eigenvalue weighted by Crippen LogP contribution is -2.48. The summed E-state index contributed by atoms with van der Waals surface area (Å²) in [5.41, 5.74) is 3.43. The smallest absolute Gasteiger partial charge is 0.232 e. The number of hydrogen-bond acceptors (Lipinski definition) is 6. The summed E-state index contributed by atoms with van der Waals surface area (Å²) in [4.78, 5) is 6.57. The van der Waals surface area contributed by atoms with Crippen molar-refractivity contribution in [2.24, 2.45) is 0 Å². The first-order chi connectivity index (χ1) is 15.7. The number of hydrogen-bond donors (Lipinski definition) is 0. The highest BCUT2D eigenvalue weighted by atomic mass is 16.5. The van der Waals surface area contributed by atoms with Crippen molar-refractivity contribution in [1.29, 1.82) is 0 Å². The zero-order chi connectivity index (χ0) is 22.7. The molecule has 0 spiro atoms. The van der Waals surface area contributed by atoms with E-state index in [0.717, 1.165) is 30.5 Å². The highest BCUT2D eigenvalue weighted by molar-refractivity contribution is 5.81. The van der Waals surface area contributed by atoms with Crippen molar-refractivity contribution in [2.45, 2.75) is 33.4 Å². The van der Waals surface area contributed by atoms with E-state index in [9.17, 15) is 0 Å². The maximum Gasteiger partial charge on any atom is 0.232 e. The quantitative estimate of drug-likeness (QED) is 0.454. The van der Waals surface area contributed by atoms with Crippen LogP contribution in [0.5, 0.6) is 5.88 Å². The summed E-state index contributed by atoms with van der Waals surface area (Å²) in [6, 6.07) is 13.0. The van der Waals surface area contributed by atoms with Gasteiger partial charge in [-0.2, -0.15) is 0 Å². The number of aryl methyl sites for hydroxylation is 1. The zero-order valence-corrected chi connectivity index (χ0v) is 19.3. The summed E-state index contributed by atoms with van der Waals surface area (Å²) in [6.07, 6.45) is 3.95. The number of ether oxygens (including phenoxy) is 2. The van der Waals surface area contributed by atoms with Gasteiger partial charge in [0.2, 0.25) is 11.8 Å². The molecule has 168 valence electrons. The molecule has 32 heavy (non-hydrogen) atoms. The van der Waals surface area contributed by atoms with E-state index >= 15 is 0 Å². The summed E-state index contributed by atoms with van der Waals surface area (Å²) in [7, 11) is 3.26. The van der Waals surface area contributed by atoms with Gasteiger partial charge in [-0.05, 0) is 36.6 Å². The Labute approximate surface area is 188 Å². The van der Waals surface area contributed by atoms with Crippen LogP contribution in [0.2, 0.25) is 0 Å². The third kappa shape index (κ3) is 3.93. The Bertz CT molecular complexity index is 1180. The molecule has 4 aromatic rings. The first-order valence-electron chi connectivity index (χ1n) is 10.9. The standard InChI is InChI=1S/C22H24N6O2.C2H6/c1-15-4-6-19-16(10-15)8-9-27(19)18-12-26(13-18)22-25-24-20(14-29-2)28(22)17-5-7-21(30-3)23-11-17;1-2/h4-11,18H,12-14H2,1-3H3;1-2H3. The minimum absolute atomic E-state index is 0.373. The Morgan fingerprint density at radius 2 is 1.84 bits per heavy atom. The molecular formula is C24H30N6O2. The zero-order valence-electron chi connectivity index (χ0n) is 19.3. The predicted molar refractivity (Wildman–Crippen MR) is 126 cm³/mol. The summed E-state index contributed by atoms with van der Waals surface area (Å²) >= 11 is 0. The van der Waals surface area contributed by atoms with Gasteiger partial charge in [-0.3, -0.25) is 4.57 Å². The Balaban J connectivity index is 0.00000119. The molecule has 1 aliphatic rings. The fraction of sp³-hybridized carbons (Fsp3) is 0.375. The number of anilines is 1. The van der Waals surface area contributed by atoms with Gasteiger partial charge in [0, 0.05) is 38.0 Å². The van der Waals surface area contributed by atoms with Crippen molar-refractivity contribution in [3.05, 3.63) is 60.2 Å². The molecule has 3 aromatic heterocycles. The predicted octanol–water partition coefficient (Wildman–Crippen LogP) is 4.17. The fourth-order valence-electron chi connectivity index (χ4n) is 4.02.